The zero-order valence-electron chi connectivity index (χ0n) is 12.3. The topological polar surface area (TPSA) is 9.23 Å². The third-order valence-electron chi connectivity index (χ3n) is 1.42. The molecule has 0 rings (SSSR count). The van der Waals surface area contributed by atoms with Crippen LogP contribution in [0, 0.1) is 0 Å². The summed E-state index contributed by atoms with van der Waals surface area (Å²) in [7, 11) is 3.25. The third-order valence-corrected chi connectivity index (χ3v) is 1.42. The van der Waals surface area contributed by atoms with Gasteiger partial charge in [0.25, 0.3) is 0 Å². The maximum Gasteiger partial charge on any atom is 0.0351 e. The SMILES string of the molecule is C=C/C=C(C)/C=C\C=C(/C)C=C.CC.COC. The van der Waals surface area contributed by atoms with E-state index < -0.39 is 0 Å². The van der Waals surface area contributed by atoms with Crippen molar-refractivity contribution in [3.05, 3.63) is 60.8 Å². The molecule has 0 radical (unpaired) electrons. The molecule has 0 N–H and O–H groups in total. The highest BCUT2D eigenvalue weighted by atomic mass is 16.4. The van der Waals surface area contributed by atoms with Gasteiger partial charge >= 0.3 is 0 Å². The van der Waals surface area contributed by atoms with Gasteiger partial charge in [-0.25, -0.2) is 0 Å². The Balaban J connectivity index is -0.000000337. The lowest BCUT2D eigenvalue weighted by atomic mass is 10.2. The summed E-state index contributed by atoms with van der Waals surface area (Å²) in [6.07, 6.45) is 11.6. The van der Waals surface area contributed by atoms with E-state index in [0.29, 0.717) is 0 Å². The van der Waals surface area contributed by atoms with E-state index in [0.717, 1.165) is 5.57 Å². The van der Waals surface area contributed by atoms with Crippen LogP contribution in [-0.2, 0) is 4.74 Å². The van der Waals surface area contributed by atoms with Crippen molar-refractivity contribution in [3.8, 4) is 0 Å². The molecule has 0 unspecified atom stereocenters. The summed E-state index contributed by atoms with van der Waals surface area (Å²) in [6, 6.07) is 0. The predicted molar refractivity (Wildman–Crippen MR) is 81.3 cm³/mol. The molecule has 0 aromatic carbocycles. The molecule has 0 aromatic heterocycles. The van der Waals surface area contributed by atoms with Crippen molar-refractivity contribution in [1.29, 1.82) is 0 Å². The van der Waals surface area contributed by atoms with Gasteiger partial charge in [0.2, 0.25) is 0 Å². The fraction of sp³-hybridized carbons (Fsp3) is 0.375. The van der Waals surface area contributed by atoms with E-state index in [1.165, 1.54) is 5.57 Å². The van der Waals surface area contributed by atoms with Gasteiger partial charge in [-0.2, -0.15) is 0 Å². The normalized spacial score (nSPS) is 10.9. The lowest BCUT2D eigenvalue weighted by Gasteiger charge is -1.87. The van der Waals surface area contributed by atoms with E-state index in [2.05, 4.69) is 17.9 Å². The minimum Gasteiger partial charge on any atom is -0.388 e. The van der Waals surface area contributed by atoms with E-state index in [1.807, 2.05) is 58.1 Å². The summed E-state index contributed by atoms with van der Waals surface area (Å²) in [5.41, 5.74) is 2.36. The van der Waals surface area contributed by atoms with Crippen LogP contribution in [0.1, 0.15) is 27.7 Å². The van der Waals surface area contributed by atoms with Gasteiger partial charge in [-0.1, -0.05) is 74.6 Å². The Labute approximate surface area is 108 Å². The summed E-state index contributed by atoms with van der Waals surface area (Å²) in [4.78, 5) is 0. The Morgan fingerprint density at radius 3 is 1.76 bits per heavy atom. The van der Waals surface area contributed by atoms with Crippen molar-refractivity contribution in [2.24, 2.45) is 0 Å². The molecule has 0 aliphatic heterocycles. The van der Waals surface area contributed by atoms with E-state index in [-0.39, 0.29) is 0 Å². The highest BCUT2D eigenvalue weighted by Gasteiger charge is 1.77. The Bertz CT molecular complexity index is 255. The monoisotopic (exact) mass is 236 g/mol. The summed E-state index contributed by atoms with van der Waals surface area (Å²) >= 11 is 0. The third kappa shape index (κ3) is 25.2. The van der Waals surface area contributed by atoms with Gasteiger partial charge in [-0.05, 0) is 13.8 Å². The standard InChI is InChI=1S/C12H16.C2H6O.C2H6/c1-5-8-12(4)10-7-9-11(3)6-2;1-3-2;1-2/h5-10H,1-2H2,3-4H3;1-2H3;1-2H3/b10-7-,11-9+,12-8+;;. The van der Waals surface area contributed by atoms with Crippen molar-refractivity contribution in [3.63, 3.8) is 0 Å². The van der Waals surface area contributed by atoms with Crippen LogP contribution in [-0.4, -0.2) is 14.2 Å². The van der Waals surface area contributed by atoms with Gasteiger partial charge in [0, 0.05) is 14.2 Å². The molecule has 98 valence electrons. The molecule has 0 aliphatic rings. The van der Waals surface area contributed by atoms with E-state index >= 15 is 0 Å². The number of allylic oxidation sites excluding steroid dienone is 8. The highest BCUT2D eigenvalue weighted by molar-refractivity contribution is 5.27. The Hall–Kier alpha value is -1.34. The van der Waals surface area contributed by atoms with Gasteiger partial charge in [-0.3, -0.25) is 0 Å². The molecule has 1 heteroatoms. The Kier molecular flexibility index (Phi) is 24.9. The summed E-state index contributed by atoms with van der Waals surface area (Å²) < 4.78 is 4.25. The molecule has 0 amide bonds. The van der Waals surface area contributed by atoms with E-state index in [4.69, 9.17) is 0 Å². The highest BCUT2D eigenvalue weighted by Crippen LogP contribution is 1.98. The molecule has 0 aliphatic carbocycles. The maximum absolute atomic E-state index is 4.25. The maximum atomic E-state index is 4.25. The molecule has 0 atom stereocenters. The van der Waals surface area contributed by atoms with Crippen LogP contribution >= 0.6 is 0 Å². The van der Waals surface area contributed by atoms with Crippen LogP contribution in [0.25, 0.3) is 0 Å². The van der Waals surface area contributed by atoms with Crippen LogP contribution in [0.3, 0.4) is 0 Å². The summed E-state index contributed by atoms with van der Waals surface area (Å²) in [5.74, 6) is 0. The van der Waals surface area contributed by atoms with Gasteiger partial charge in [0.05, 0.1) is 0 Å². The van der Waals surface area contributed by atoms with Crippen molar-refractivity contribution < 1.29 is 4.74 Å². The quantitative estimate of drug-likeness (QED) is 0.617. The Morgan fingerprint density at radius 2 is 1.41 bits per heavy atom. The zero-order valence-corrected chi connectivity index (χ0v) is 12.3. The number of hydrogen-bond donors (Lipinski definition) is 0. The first-order chi connectivity index (χ1) is 8.12. The molecule has 0 heterocycles. The second kappa shape index (κ2) is 20.1. The van der Waals surface area contributed by atoms with Gasteiger partial charge in [0.1, 0.15) is 0 Å². The average molecular weight is 236 g/mol. The molecule has 0 saturated heterocycles. The van der Waals surface area contributed by atoms with Gasteiger partial charge in [-0.15, -0.1) is 0 Å². The minimum absolute atomic E-state index is 1.16. The van der Waals surface area contributed by atoms with Crippen LogP contribution in [0.15, 0.2) is 60.8 Å². The molecule has 0 saturated carbocycles. The number of rotatable bonds is 4. The summed E-state index contributed by atoms with van der Waals surface area (Å²) in [5, 5.41) is 0. The fourth-order valence-electron chi connectivity index (χ4n) is 0.661. The lowest BCUT2D eigenvalue weighted by Crippen LogP contribution is -1.66. The number of hydrogen-bond acceptors (Lipinski definition) is 1. The van der Waals surface area contributed by atoms with Crippen LogP contribution in [0.2, 0.25) is 0 Å². The largest absolute Gasteiger partial charge is 0.388 e. The zero-order chi connectivity index (χ0) is 14.1. The van der Waals surface area contributed by atoms with Crippen molar-refractivity contribution in [2.75, 3.05) is 14.2 Å². The van der Waals surface area contributed by atoms with Crippen molar-refractivity contribution in [2.45, 2.75) is 27.7 Å². The average Bonchev–Trinajstić information content (AvgIpc) is 2.33. The molecule has 0 spiro atoms. The fourth-order valence-corrected chi connectivity index (χ4v) is 0.661. The molecule has 17 heavy (non-hydrogen) atoms. The molecular formula is C16H28O. The van der Waals surface area contributed by atoms with Crippen LogP contribution in [0.5, 0.6) is 0 Å². The van der Waals surface area contributed by atoms with E-state index in [9.17, 15) is 0 Å². The minimum atomic E-state index is 1.16. The number of methoxy groups -OCH3 is 1. The molecule has 0 fully saturated rings. The molecule has 1 nitrogen and oxygen atoms in total. The van der Waals surface area contributed by atoms with Crippen molar-refractivity contribution >= 4 is 0 Å². The smallest absolute Gasteiger partial charge is 0.0351 e. The summed E-state index contributed by atoms with van der Waals surface area (Å²) in [6.45, 7) is 15.3. The predicted octanol–water partition coefficient (Wildman–Crippen LogP) is 5.10. The van der Waals surface area contributed by atoms with Crippen molar-refractivity contribution in [1.82, 2.24) is 0 Å². The molecular weight excluding hydrogens is 208 g/mol. The first kappa shape index (κ1) is 21.0. The Morgan fingerprint density at radius 1 is 0.941 bits per heavy atom. The second-order valence-electron chi connectivity index (χ2n) is 3.03. The van der Waals surface area contributed by atoms with Gasteiger partial charge < -0.3 is 4.74 Å². The molecule has 0 bridgehead atoms. The second-order valence-corrected chi connectivity index (χ2v) is 3.03. The van der Waals surface area contributed by atoms with Crippen LogP contribution < -0.4 is 0 Å². The van der Waals surface area contributed by atoms with Gasteiger partial charge in [0.15, 0.2) is 0 Å². The first-order valence-corrected chi connectivity index (χ1v) is 5.79. The van der Waals surface area contributed by atoms with E-state index in [1.54, 1.807) is 20.3 Å². The lowest BCUT2D eigenvalue weighted by molar-refractivity contribution is 0.277. The first-order valence-electron chi connectivity index (χ1n) is 5.79. The molecule has 0 aromatic rings. The van der Waals surface area contributed by atoms with Crippen LogP contribution in [0.4, 0.5) is 0 Å². The number of ether oxygens (including phenoxy) is 1.